The standard InChI is InChI=1S/C17H23N3O5/c1-23-13-3-4-15(24-8-2-5-18)14(9-13)16(21)19-6-7-20-12(10-19)11-25-17(20)22/h3-4,9,12H,2,5-8,10-11,18H2,1H3/t12-/m0/s1. The van der Waals surface area contributed by atoms with Crippen molar-refractivity contribution in [3.05, 3.63) is 23.8 Å². The Balaban J connectivity index is 1.77. The topological polar surface area (TPSA) is 94.3 Å². The number of amides is 2. The van der Waals surface area contributed by atoms with E-state index in [0.717, 1.165) is 0 Å². The highest BCUT2D eigenvalue weighted by atomic mass is 16.6. The number of ether oxygens (including phenoxy) is 3. The summed E-state index contributed by atoms with van der Waals surface area (Å²) in [6, 6.07) is 5.09. The van der Waals surface area contributed by atoms with Gasteiger partial charge in [0.2, 0.25) is 0 Å². The third-order valence-corrected chi connectivity index (χ3v) is 4.43. The average Bonchev–Trinajstić information content (AvgIpc) is 3.02. The number of hydrogen-bond acceptors (Lipinski definition) is 6. The van der Waals surface area contributed by atoms with E-state index in [9.17, 15) is 9.59 Å². The summed E-state index contributed by atoms with van der Waals surface area (Å²) in [6.07, 6.45) is 0.407. The molecule has 0 unspecified atom stereocenters. The van der Waals surface area contributed by atoms with E-state index < -0.39 is 0 Å². The molecule has 0 aromatic heterocycles. The molecule has 1 atom stereocenters. The molecule has 1 aromatic rings. The zero-order chi connectivity index (χ0) is 17.8. The van der Waals surface area contributed by atoms with E-state index in [-0.39, 0.29) is 18.0 Å². The number of fused-ring (bicyclic) bond motifs is 1. The molecule has 25 heavy (non-hydrogen) atoms. The maximum Gasteiger partial charge on any atom is 0.410 e. The minimum atomic E-state index is -0.302. The van der Waals surface area contributed by atoms with Gasteiger partial charge in [0.15, 0.2) is 0 Å². The van der Waals surface area contributed by atoms with Gasteiger partial charge in [-0.1, -0.05) is 0 Å². The minimum absolute atomic E-state index is 0.0857. The molecule has 2 N–H and O–H groups in total. The first-order valence-corrected chi connectivity index (χ1v) is 8.37. The molecule has 8 heteroatoms. The molecular formula is C17H23N3O5. The Labute approximate surface area is 146 Å². The number of benzene rings is 1. The Morgan fingerprint density at radius 1 is 1.40 bits per heavy atom. The Kier molecular flexibility index (Phi) is 5.28. The fraction of sp³-hybridized carbons (Fsp3) is 0.529. The Morgan fingerprint density at radius 3 is 3.00 bits per heavy atom. The third-order valence-electron chi connectivity index (χ3n) is 4.43. The first-order valence-electron chi connectivity index (χ1n) is 8.37. The molecular weight excluding hydrogens is 326 g/mol. The Bertz CT molecular complexity index is 651. The van der Waals surface area contributed by atoms with Crippen LogP contribution in [0.15, 0.2) is 18.2 Å². The molecule has 2 aliphatic heterocycles. The summed E-state index contributed by atoms with van der Waals surface area (Å²) < 4.78 is 16.0. The van der Waals surface area contributed by atoms with Crippen molar-refractivity contribution in [2.75, 3.05) is 46.5 Å². The number of carbonyl (C=O) groups excluding carboxylic acids is 2. The van der Waals surface area contributed by atoms with Gasteiger partial charge in [-0.15, -0.1) is 0 Å². The molecule has 2 saturated heterocycles. The molecule has 0 spiro atoms. The predicted octanol–water partition coefficient (Wildman–Crippen LogP) is 0.699. The van der Waals surface area contributed by atoms with Gasteiger partial charge in [0, 0.05) is 19.6 Å². The van der Waals surface area contributed by atoms with E-state index in [2.05, 4.69) is 0 Å². The van der Waals surface area contributed by atoms with Gasteiger partial charge >= 0.3 is 6.09 Å². The van der Waals surface area contributed by atoms with Crippen molar-refractivity contribution in [2.24, 2.45) is 5.73 Å². The lowest BCUT2D eigenvalue weighted by atomic mass is 10.1. The largest absolute Gasteiger partial charge is 0.497 e. The molecule has 2 heterocycles. The summed E-state index contributed by atoms with van der Waals surface area (Å²) in [6.45, 7) is 2.68. The van der Waals surface area contributed by atoms with Gasteiger partial charge in [0.05, 0.1) is 25.3 Å². The van der Waals surface area contributed by atoms with Crippen molar-refractivity contribution in [3.8, 4) is 11.5 Å². The molecule has 2 aliphatic rings. The summed E-state index contributed by atoms with van der Waals surface area (Å²) in [7, 11) is 1.55. The van der Waals surface area contributed by atoms with Gasteiger partial charge in [-0.3, -0.25) is 9.69 Å². The van der Waals surface area contributed by atoms with Crippen LogP contribution in [0.5, 0.6) is 11.5 Å². The number of rotatable bonds is 6. The fourth-order valence-electron chi connectivity index (χ4n) is 3.04. The number of cyclic esters (lactones) is 1. The maximum atomic E-state index is 13.0. The zero-order valence-electron chi connectivity index (χ0n) is 14.3. The van der Waals surface area contributed by atoms with Crippen molar-refractivity contribution in [1.29, 1.82) is 0 Å². The van der Waals surface area contributed by atoms with Crippen molar-refractivity contribution < 1.29 is 23.8 Å². The second-order valence-corrected chi connectivity index (χ2v) is 6.03. The van der Waals surface area contributed by atoms with E-state index in [4.69, 9.17) is 19.9 Å². The summed E-state index contributed by atoms with van der Waals surface area (Å²) in [5.41, 5.74) is 5.95. The third kappa shape index (κ3) is 3.63. The molecule has 2 fully saturated rings. The quantitative estimate of drug-likeness (QED) is 0.760. The maximum absolute atomic E-state index is 13.0. The van der Waals surface area contributed by atoms with E-state index in [1.807, 2.05) is 0 Å². The highest BCUT2D eigenvalue weighted by Gasteiger charge is 2.39. The summed E-state index contributed by atoms with van der Waals surface area (Å²) in [4.78, 5) is 28.0. The Morgan fingerprint density at radius 2 is 2.24 bits per heavy atom. The molecule has 0 bridgehead atoms. The second-order valence-electron chi connectivity index (χ2n) is 6.03. The highest BCUT2D eigenvalue weighted by Crippen LogP contribution is 2.27. The summed E-state index contributed by atoms with van der Waals surface area (Å²) >= 11 is 0. The average molecular weight is 349 g/mol. The molecule has 3 rings (SSSR count). The first kappa shape index (κ1) is 17.3. The fourth-order valence-corrected chi connectivity index (χ4v) is 3.04. The molecule has 0 saturated carbocycles. The van der Waals surface area contributed by atoms with E-state index in [1.165, 1.54) is 0 Å². The zero-order valence-corrected chi connectivity index (χ0v) is 14.3. The molecule has 2 amide bonds. The van der Waals surface area contributed by atoms with Crippen molar-refractivity contribution >= 4 is 12.0 Å². The lowest BCUT2D eigenvalue weighted by Gasteiger charge is -2.35. The molecule has 1 aromatic carbocycles. The minimum Gasteiger partial charge on any atom is -0.497 e. The van der Waals surface area contributed by atoms with Crippen LogP contribution in [-0.2, 0) is 4.74 Å². The van der Waals surface area contributed by atoms with Gasteiger partial charge in [-0.05, 0) is 31.2 Å². The molecule has 8 nitrogen and oxygen atoms in total. The highest BCUT2D eigenvalue weighted by molar-refractivity contribution is 5.97. The number of hydrogen-bond donors (Lipinski definition) is 1. The number of carbonyl (C=O) groups is 2. The molecule has 0 radical (unpaired) electrons. The van der Waals surface area contributed by atoms with E-state index in [0.29, 0.717) is 62.9 Å². The van der Waals surface area contributed by atoms with Crippen LogP contribution in [0.4, 0.5) is 4.79 Å². The number of methoxy groups -OCH3 is 1. The smallest absolute Gasteiger partial charge is 0.410 e. The lowest BCUT2D eigenvalue weighted by Crippen LogP contribution is -2.53. The lowest BCUT2D eigenvalue weighted by molar-refractivity contribution is 0.0612. The first-order chi connectivity index (χ1) is 12.1. The van der Waals surface area contributed by atoms with Crippen molar-refractivity contribution in [1.82, 2.24) is 9.80 Å². The van der Waals surface area contributed by atoms with Gasteiger partial charge in [0.25, 0.3) is 5.91 Å². The van der Waals surface area contributed by atoms with Crippen molar-refractivity contribution in [2.45, 2.75) is 12.5 Å². The van der Waals surface area contributed by atoms with Crippen molar-refractivity contribution in [3.63, 3.8) is 0 Å². The molecule has 0 aliphatic carbocycles. The normalized spacial score (nSPS) is 19.4. The van der Waals surface area contributed by atoms with Crippen LogP contribution in [0.3, 0.4) is 0 Å². The SMILES string of the molecule is COc1ccc(OCCCN)c(C(=O)N2CCN3C(=O)OC[C@@H]3C2)c1. The number of nitrogens with zero attached hydrogens (tertiary/aromatic N) is 2. The van der Waals surface area contributed by atoms with Gasteiger partial charge in [0.1, 0.15) is 18.1 Å². The van der Waals surface area contributed by atoms with Crippen LogP contribution in [0, 0.1) is 0 Å². The monoisotopic (exact) mass is 349 g/mol. The van der Waals surface area contributed by atoms with Gasteiger partial charge in [-0.2, -0.15) is 0 Å². The van der Waals surface area contributed by atoms with Crippen LogP contribution in [-0.4, -0.2) is 74.3 Å². The predicted molar refractivity (Wildman–Crippen MR) is 89.9 cm³/mol. The van der Waals surface area contributed by atoms with Crippen LogP contribution in [0.2, 0.25) is 0 Å². The van der Waals surface area contributed by atoms with Crippen LogP contribution in [0.25, 0.3) is 0 Å². The van der Waals surface area contributed by atoms with Crippen LogP contribution in [0.1, 0.15) is 16.8 Å². The van der Waals surface area contributed by atoms with Crippen LogP contribution >= 0.6 is 0 Å². The molecule has 136 valence electrons. The second kappa shape index (κ2) is 7.60. The van der Waals surface area contributed by atoms with Gasteiger partial charge in [-0.25, -0.2) is 4.79 Å². The van der Waals surface area contributed by atoms with E-state index >= 15 is 0 Å². The number of piperazine rings is 1. The summed E-state index contributed by atoms with van der Waals surface area (Å²) in [5.74, 6) is 0.966. The Hall–Kier alpha value is -2.48. The summed E-state index contributed by atoms with van der Waals surface area (Å²) in [5, 5.41) is 0. The van der Waals surface area contributed by atoms with Crippen LogP contribution < -0.4 is 15.2 Å². The van der Waals surface area contributed by atoms with E-state index in [1.54, 1.807) is 35.1 Å². The number of nitrogens with two attached hydrogens (primary N) is 1. The van der Waals surface area contributed by atoms with Gasteiger partial charge < -0.3 is 24.8 Å².